The monoisotopic (exact) mass is 418 g/mol. The van der Waals surface area contributed by atoms with Crippen LogP contribution in [0.25, 0.3) is 0 Å². The number of carboxylic acid groups (broad SMARTS) is 1. The molecule has 0 saturated heterocycles. The highest BCUT2D eigenvalue weighted by Crippen LogP contribution is 2.61. The van der Waals surface area contributed by atoms with Crippen molar-refractivity contribution in [1.82, 2.24) is 0 Å². The van der Waals surface area contributed by atoms with Crippen LogP contribution >= 0.6 is 0 Å². The zero-order valence-corrected chi connectivity index (χ0v) is 18.2. The Morgan fingerprint density at radius 3 is 2.73 bits per heavy atom. The molecule has 0 bridgehead atoms. The van der Waals surface area contributed by atoms with Gasteiger partial charge in [0.25, 0.3) is 0 Å². The summed E-state index contributed by atoms with van der Waals surface area (Å²) >= 11 is 0. The predicted octanol–water partition coefficient (Wildman–Crippen LogP) is 4.37. The normalized spacial score (nSPS) is 33.5. The number of ether oxygens (including phenoxy) is 1. The summed E-state index contributed by atoms with van der Waals surface area (Å²) in [5, 5.41) is 20.0. The van der Waals surface area contributed by atoms with E-state index in [0.29, 0.717) is 12.3 Å². The number of carbonyl (C=O) groups excluding carboxylic acids is 1. The number of carboxylic acids is 1. The van der Waals surface area contributed by atoms with Gasteiger partial charge in [0.15, 0.2) is 0 Å². The second kappa shape index (κ2) is 8.96. The maximum atomic E-state index is 12.1. The lowest BCUT2D eigenvalue weighted by Crippen LogP contribution is -2.57. The maximum Gasteiger partial charge on any atom is 0.306 e. The molecule has 2 N–H and O–H groups in total. The van der Waals surface area contributed by atoms with Gasteiger partial charge in [-0.05, 0) is 67.4 Å². The Balaban J connectivity index is 1.82. The third kappa shape index (κ3) is 4.48. The fourth-order valence-electron chi connectivity index (χ4n) is 5.90. The number of rotatable bonds is 8. The Hall–Kier alpha value is -2.08. The van der Waals surface area contributed by atoms with Gasteiger partial charge in [-0.15, -0.1) is 0 Å². The second-order valence-electron chi connectivity index (χ2n) is 9.53. The van der Waals surface area contributed by atoms with E-state index in [0.717, 1.165) is 31.2 Å². The highest BCUT2D eigenvalue weighted by atomic mass is 16.5. The lowest BCUT2D eigenvalue weighted by atomic mass is 9.46. The van der Waals surface area contributed by atoms with E-state index in [1.54, 1.807) is 12.5 Å². The zero-order valence-electron chi connectivity index (χ0n) is 18.2. The van der Waals surface area contributed by atoms with E-state index < -0.39 is 18.0 Å². The topological polar surface area (TPSA) is 97.0 Å². The molecular weight excluding hydrogens is 384 g/mol. The molecule has 0 unspecified atom stereocenters. The first-order chi connectivity index (χ1) is 14.2. The number of aliphatic hydroxyl groups is 1. The number of hydrogen-bond donors (Lipinski definition) is 2. The molecule has 1 fully saturated rings. The molecule has 0 amide bonds. The van der Waals surface area contributed by atoms with E-state index in [4.69, 9.17) is 14.3 Å². The van der Waals surface area contributed by atoms with Crippen molar-refractivity contribution in [3.8, 4) is 0 Å². The van der Waals surface area contributed by atoms with Crippen LogP contribution in [-0.2, 0) is 20.7 Å². The number of fused-ring (bicyclic) bond motifs is 1. The molecule has 2 aliphatic carbocycles. The van der Waals surface area contributed by atoms with Gasteiger partial charge in [-0.1, -0.05) is 25.5 Å². The fraction of sp³-hybridized carbons (Fsp3) is 0.667. The van der Waals surface area contributed by atoms with Crippen molar-refractivity contribution in [3.05, 3.63) is 35.8 Å². The van der Waals surface area contributed by atoms with Crippen molar-refractivity contribution in [2.75, 3.05) is 6.61 Å². The number of aliphatic hydroxyl groups excluding tert-OH is 1. The molecule has 5 atom stereocenters. The molecule has 1 aromatic heterocycles. The van der Waals surface area contributed by atoms with E-state index in [2.05, 4.69) is 26.8 Å². The minimum absolute atomic E-state index is 0.0768. The van der Waals surface area contributed by atoms with Gasteiger partial charge in [0.05, 0.1) is 38.1 Å². The molecule has 6 heteroatoms. The summed E-state index contributed by atoms with van der Waals surface area (Å²) in [4.78, 5) is 22.8. The largest absolute Gasteiger partial charge is 0.481 e. The molecular formula is C24H34O6. The van der Waals surface area contributed by atoms with Crippen LogP contribution in [0.2, 0.25) is 0 Å². The van der Waals surface area contributed by atoms with Crippen molar-refractivity contribution in [3.63, 3.8) is 0 Å². The van der Waals surface area contributed by atoms with Crippen LogP contribution in [0.5, 0.6) is 0 Å². The molecule has 2 aliphatic rings. The summed E-state index contributed by atoms with van der Waals surface area (Å²) in [5.74, 6) is -1.36. The molecule has 6 nitrogen and oxygen atoms in total. The van der Waals surface area contributed by atoms with Crippen LogP contribution in [0, 0.1) is 22.7 Å². The number of carbonyl (C=O) groups is 2. The van der Waals surface area contributed by atoms with Gasteiger partial charge in [-0.3, -0.25) is 9.59 Å². The summed E-state index contributed by atoms with van der Waals surface area (Å²) in [6, 6.07) is 1.97. The summed E-state index contributed by atoms with van der Waals surface area (Å²) in [7, 11) is 0. The van der Waals surface area contributed by atoms with E-state index in [9.17, 15) is 14.7 Å². The van der Waals surface area contributed by atoms with Crippen LogP contribution in [-0.4, -0.2) is 34.9 Å². The van der Waals surface area contributed by atoms with Crippen molar-refractivity contribution in [2.24, 2.45) is 22.7 Å². The van der Waals surface area contributed by atoms with Gasteiger partial charge in [-0.2, -0.15) is 0 Å². The van der Waals surface area contributed by atoms with Gasteiger partial charge in [0.2, 0.25) is 0 Å². The Morgan fingerprint density at radius 2 is 2.07 bits per heavy atom. The lowest BCUT2D eigenvalue weighted by molar-refractivity contribution is -0.165. The third-order valence-electron chi connectivity index (χ3n) is 7.82. The standard InChI is InChI=1S/C24H34O6/c1-16-5-4-6-20-23(2,11-9-17-10-12-29-14-17)18(19(25)13-24(16,20)3)15-30-22(28)8-7-21(26)27/h5,10,12,14,18-20,25H,4,6-9,11,13,15H2,1-3H3,(H,26,27)/t18-,19+,20-,23+,24+/m1/s1. The Bertz CT molecular complexity index is 782. The van der Waals surface area contributed by atoms with Crippen molar-refractivity contribution >= 4 is 11.9 Å². The second-order valence-corrected chi connectivity index (χ2v) is 9.53. The van der Waals surface area contributed by atoms with E-state index in [-0.39, 0.29) is 36.2 Å². The highest BCUT2D eigenvalue weighted by Gasteiger charge is 2.57. The molecule has 0 radical (unpaired) electrons. The van der Waals surface area contributed by atoms with Crippen LogP contribution in [0.3, 0.4) is 0 Å². The van der Waals surface area contributed by atoms with Crippen LogP contribution in [0.4, 0.5) is 0 Å². The fourth-order valence-corrected chi connectivity index (χ4v) is 5.90. The van der Waals surface area contributed by atoms with Crippen molar-refractivity contribution in [1.29, 1.82) is 0 Å². The number of esters is 1. The third-order valence-corrected chi connectivity index (χ3v) is 7.82. The molecule has 1 saturated carbocycles. The first-order valence-corrected chi connectivity index (χ1v) is 10.9. The summed E-state index contributed by atoms with van der Waals surface area (Å²) < 4.78 is 10.7. The van der Waals surface area contributed by atoms with E-state index in [1.165, 1.54) is 5.57 Å². The number of aliphatic carboxylic acids is 1. The Labute approximate surface area is 178 Å². The van der Waals surface area contributed by atoms with Gasteiger partial charge in [0.1, 0.15) is 0 Å². The number of aryl methyl sites for hydroxylation is 1. The average Bonchev–Trinajstić information content (AvgIpc) is 3.20. The Kier molecular flexibility index (Phi) is 6.75. The summed E-state index contributed by atoms with van der Waals surface area (Å²) in [6.07, 6.45) is 9.16. The lowest BCUT2D eigenvalue weighted by Gasteiger charge is -2.60. The average molecular weight is 419 g/mol. The molecule has 0 spiro atoms. The number of hydrogen-bond acceptors (Lipinski definition) is 5. The highest BCUT2D eigenvalue weighted by molar-refractivity contribution is 5.76. The number of furan rings is 1. The Morgan fingerprint density at radius 1 is 1.30 bits per heavy atom. The minimum Gasteiger partial charge on any atom is -0.481 e. The molecule has 1 heterocycles. The zero-order chi connectivity index (χ0) is 21.9. The molecule has 0 aliphatic heterocycles. The smallest absolute Gasteiger partial charge is 0.306 e. The summed E-state index contributed by atoms with van der Waals surface area (Å²) in [6.45, 7) is 6.78. The molecule has 30 heavy (non-hydrogen) atoms. The van der Waals surface area contributed by atoms with Crippen LogP contribution < -0.4 is 0 Å². The van der Waals surface area contributed by atoms with E-state index in [1.807, 2.05) is 6.07 Å². The van der Waals surface area contributed by atoms with Crippen molar-refractivity contribution < 1.29 is 29.0 Å². The first-order valence-electron chi connectivity index (χ1n) is 10.9. The SMILES string of the molecule is CC1=CCC[C@@H]2[C@@](C)(CCc3ccoc3)[C@H](COC(=O)CCC(=O)O)[C@@H](O)C[C@@]12C. The van der Waals surface area contributed by atoms with Gasteiger partial charge >= 0.3 is 11.9 Å². The van der Waals surface area contributed by atoms with Crippen LogP contribution in [0.1, 0.15) is 64.9 Å². The molecule has 166 valence electrons. The summed E-state index contributed by atoms with van der Waals surface area (Å²) in [5.41, 5.74) is 2.15. The minimum atomic E-state index is -1.02. The molecule has 3 rings (SSSR count). The van der Waals surface area contributed by atoms with Gasteiger partial charge < -0.3 is 19.4 Å². The maximum absolute atomic E-state index is 12.1. The van der Waals surface area contributed by atoms with E-state index >= 15 is 0 Å². The molecule has 1 aromatic rings. The molecule has 0 aromatic carbocycles. The quantitative estimate of drug-likeness (QED) is 0.481. The van der Waals surface area contributed by atoms with Gasteiger partial charge in [-0.25, -0.2) is 0 Å². The van der Waals surface area contributed by atoms with Crippen LogP contribution in [0.15, 0.2) is 34.7 Å². The van der Waals surface area contributed by atoms with Gasteiger partial charge in [0, 0.05) is 5.92 Å². The van der Waals surface area contributed by atoms with Crippen molar-refractivity contribution in [2.45, 2.75) is 71.8 Å². The number of allylic oxidation sites excluding steroid dienone is 2. The first kappa shape index (κ1) is 22.6. The predicted molar refractivity (Wildman–Crippen MR) is 112 cm³/mol.